The summed E-state index contributed by atoms with van der Waals surface area (Å²) < 4.78 is 2.20. The summed E-state index contributed by atoms with van der Waals surface area (Å²) in [6, 6.07) is 6.25. The molecule has 86 valence electrons. The van der Waals surface area contributed by atoms with Crippen molar-refractivity contribution >= 4 is 37.8 Å². The number of nitrogens with zero attached hydrogens (tertiary/aromatic N) is 2. The normalized spacial score (nSPS) is 20.8. The number of benzene rings is 1. The minimum Gasteiger partial charge on any atom is -0.370 e. The molecule has 0 amide bonds. The van der Waals surface area contributed by atoms with Gasteiger partial charge in [-0.3, -0.25) is 4.99 Å². The maximum atomic E-state index is 5.74. The van der Waals surface area contributed by atoms with Gasteiger partial charge in [0.2, 0.25) is 0 Å². The van der Waals surface area contributed by atoms with E-state index in [1.165, 1.54) is 5.56 Å². The van der Waals surface area contributed by atoms with E-state index in [2.05, 4.69) is 55.1 Å². The highest BCUT2D eigenvalue weighted by Crippen LogP contribution is 2.30. The molecule has 2 N–H and O–H groups in total. The summed E-state index contributed by atoms with van der Waals surface area (Å²) in [5.41, 5.74) is 7.02. The molecule has 0 aromatic heterocycles. The molecule has 1 heterocycles. The third-order valence-electron chi connectivity index (χ3n) is 2.76. The molecule has 0 saturated heterocycles. The summed E-state index contributed by atoms with van der Waals surface area (Å²) in [6.45, 7) is 1.67. The topological polar surface area (TPSA) is 41.6 Å². The molecule has 0 radical (unpaired) electrons. The Morgan fingerprint density at radius 3 is 2.81 bits per heavy atom. The Bertz CT molecular complexity index is 431. The molecule has 1 aromatic carbocycles. The molecule has 0 bridgehead atoms. The quantitative estimate of drug-likeness (QED) is 0.849. The lowest BCUT2D eigenvalue weighted by Crippen LogP contribution is -2.41. The van der Waals surface area contributed by atoms with E-state index in [-0.39, 0.29) is 0 Å². The highest BCUT2D eigenvalue weighted by atomic mass is 79.9. The second-order valence-corrected chi connectivity index (χ2v) is 5.71. The second kappa shape index (κ2) is 4.75. The van der Waals surface area contributed by atoms with Gasteiger partial charge < -0.3 is 10.6 Å². The number of guanidine groups is 1. The molecule has 1 unspecified atom stereocenters. The van der Waals surface area contributed by atoms with Crippen molar-refractivity contribution < 1.29 is 0 Å². The Labute approximate surface area is 112 Å². The van der Waals surface area contributed by atoms with Crippen LogP contribution in [0.15, 0.2) is 32.1 Å². The predicted molar refractivity (Wildman–Crippen MR) is 73.7 cm³/mol. The monoisotopic (exact) mass is 345 g/mol. The zero-order valence-electron chi connectivity index (χ0n) is 8.95. The zero-order valence-corrected chi connectivity index (χ0v) is 12.1. The molecule has 5 heteroatoms. The average Bonchev–Trinajstić information content (AvgIpc) is 2.22. The third kappa shape index (κ3) is 2.40. The Morgan fingerprint density at radius 1 is 1.44 bits per heavy atom. The molecule has 1 aliphatic rings. The van der Waals surface area contributed by atoms with Crippen LogP contribution in [0.4, 0.5) is 0 Å². The number of hydrogen-bond donors (Lipinski definition) is 1. The summed E-state index contributed by atoms with van der Waals surface area (Å²) in [6.07, 6.45) is 0. The van der Waals surface area contributed by atoms with Crippen molar-refractivity contribution in [3.8, 4) is 0 Å². The highest BCUT2D eigenvalue weighted by Gasteiger charge is 2.21. The standard InChI is InChI=1S/C11H13Br2N3/c1-16-6-7(5-15-11(16)14)9-3-2-8(12)4-10(9)13/h2-4,7H,5-6H2,1H3,(H2,14,15). The minimum absolute atomic E-state index is 0.403. The van der Waals surface area contributed by atoms with Gasteiger partial charge >= 0.3 is 0 Å². The van der Waals surface area contributed by atoms with E-state index in [1.54, 1.807) is 0 Å². The zero-order chi connectivity index (χ0) is 11.7. The van der Waals surface area contributed by atoms with Gasteiger partial charge in [0.25, 0.3) is 0 Å². The van der Waals surface area contributed by atoms with Gasteiger partial charge in [-0.25, -0.2) is 0 Å². The number of rotatable bonds is 1. The first-order valence-electron chi connectivity index (χ1n) is 5.04. The summed E-state index contributed by atoms with van der Waals surface area (Å²) in [4.78, 5) is 6.31. The van der Waals surface area contributed by atoms with Gasteiger partial charge in [0.1, 0.15) is 0 Å². The number of likely N-dealkylation sites (N-methyl/N-ethyl adjacent to an activating group) is 1. The lowest BCUT2D eigenvalue weighted by Gasteiger charge is -2.29. The van der Waals surface area contributed by atoms with Gasteiger partial charge in [-0.15, -0.1) is 0 Å². The van der Waals surface area contributed by atoms with E-state index >= 15 is 0 Å². The van der Waals surface area contributed by atoms with Gasteiger partial charge in [-0.05, 0) is 17.7 Å². The Hall–Kier alpha value is -0.550. The summed E-state index contributed by atoms with van der Waals surface area (Å²) in [7, 11) is 1.97. The lowest BCUT2D eigenvalue weighted by molar-refractivity contribution is 0.421. The van der Waals surface area contributed by atoms with Gasteiger partial charge in [0, 0.05) is 28.5 Å². The Kier molecular flexibility index (Phi) is 3.54. The SMILES string of the molecule is CN1CC(c2ccc(Br)cc2Br)CN=C1N. The van der Waals surface area contributed by atoms with Crippen LogP contribution in [0.3, 0.4) is 0 Å². The minimum atomic E-state index is 0.403. The van der Waals surface area contributed by atoms with Crippen LogP contribution in [0.1, 0.15) is 11.5 Å². The first-order valence-corrected chi connectivity index (χ1v) is 6.62. The molecule has 0 fully saturated rings. The van der Waals surface area contributed by atoms with Crippen LogP contribution in [0.2, 0.25) is 0 Å². The van der Waals surface area contributed by atoms with Crippen LogP contribution in [-0.2, 0) is 0 Å². The van der Waals surface area contributed by atoms with E-state index in [0.717, 1.165) is 22.0 Å². The van der Waals surface area contributed by atoms with E-state index in [4.69, 9.17) is 5.73 Å². The van der Waals surface area contributed by atoms with Crippen molar-refractivity contribution in [1.82, 2.24) is 4.90 Å². The van der Waals surface area contributed by atoms with Gasteiger partial charge in [0.05, 0.1) is 6.54 Å². The molecule has 2 rings (SSSR count). The maximum absolute atomic E-state index is 5.74. The molecule has 0 spiro atoms. The first kappa shape index (κ1) is 11.9. The summed E-state index contributed by atoms with van der Waals surface area (Å²) in [5, 5.41) is 0. The Morgan fingerprint density at radius 2 is 2.19 bits per heavy atom. The van der Waals surface area contributed by atoms with Crippen molar-refractivity contribution in [2.45, 2.75) is 5.92 Å². The second-order valence-electron chi connectivity index (χ2n) is 3.94. The van der Waals surface area contributed by atoms with Crippen molar-refractivity contribution in [3.05, 3.63) is 32.7 Å². The molecule has 16 heavy (non-hydrogen) atoms. The molecule has 3 nitrogen and oxygen atoms in total. The maximum Gasteiger partial charge on any atom is 0.191 e. The summed E-state index contributed by atoms with van der Waals surface area (Å²) >= 11 is 7.04. The van der Waals surface area contributed by atoms with Crippen molar-refractivity contribution in [3.63, 3.8) is 0 Å². The fourth-order valence-corrected chi connectivity index (χ4v) is 3.21. The molecular weight excluding hydrogens is 334 g/mol. The Balaban J connectivity index is 2.26. The van der Waals surface area contributed by atoms with Crippen LogP contribution < -0.4 is 5.73 Å². The average molecular weight is 347 g/mol. The third-order valence-corrected chi connectivity index (χ3v) is 3.94. The number of nitrogens with two attached hydrogens (primary N) is 1. The number of hydrogen-bond acceptors (Lipinski definition) is 3. The van der Waals surface area contributed by atoms with Gasteiger partial charge in [-0.2, -0.15) is 0 Å². The molecule has 1 aromatic rings. The van der Waals surface area contributed by atoms with Crippen LogP contribution in [0.5, 0.6) is 0 Å². The van der Waals surface area contributed by atoms with Crippen molar-refractivity contribution in [2.75, 3.05) is 20.1 Å². The molecule has 1 atom stereocenters. The largest absolute Gasteiger partial charge is 0.370 e. The lowest BCUT2D eigenvalue weighted by atomic mass is 9.98. The number of halogens is 2. The van der Waals surface area contributed by atoms with E-state index < -0.39 is 0 Å². The fourth-order valence-electron chi connectivity index (χ4n) is 1.84. The van der Waals surface area contributed by atoms with E-state index in [1.807, 2.05) is 11.9 Å². The molecular formula is C11H13Br2N3. The van der Waals surface area contributed by atoms with E-state index in [0.29, 0.717) is 11.9 Å². The van der Waals surface area contributed by atoms with Crippen LogP contribution in [-0.4, -0.2) is 31.0 Å². The molecule has 0 saturated carbocycles. The highest BCUT2D eigenvalue weighted by molar-refractivity contribution is 9.11. The fraction of sp³-hybridized carbons (Fsp3) is 0.364. The first-order chi connectivity index (χ1) is 7.58. The van der Waals surface area contributed by atoms with Crippen molar-refractivity contribution in [1.29, 1.82) is 0 Å². The number of aliphatic imine (C=N–C) groups is 1. The van der Waals surface area contributed by atoms with Crippen LogP contribution in [0.25, 0.3) is 0 Å². The van der Waals surface area contributed by atoms with Crippen molar-refractivity contribution in [2.24, 2.45) is 10.7 Å². The van der Waals surface area contributed by atoms with Crippen LogP contribution >= 0.6 is 31.9 Å². The predicted octanol–water partition coefficient (Wildman–Crippen LogP) is 2.56. The van der Waals surface area contributed by atoms with E-state index in [9.17, 15) is 0 Å². The van der Waals surface area contributed by atoms with Gasteiger partial charge in [0.15, 0.2) is 5.96 Å². The summed E-state index contributed by atoms with van der Waals surface area (Å²) in [5.74, 6) is 1.03. The van der Waals surface area contributed by atoms with Gasteiger partial charge in [-0.1, -0.05) is 37.9 Å². The van der Waals surface area contributed by atoms with Crippen LogP contribution in [0, 0.1) is 0 Å². The smallest absolute Gasteiger partial charge is 0.191 e. The molecule has 1 aliphatic heterocycles. The molecule has 0 aliphatic carbocycles.